The Bertz CT molecular complexity index is 1220. The van der Waals surface area contributed by atoms with E-state index in [-0.39, 0.29) is 17.5 Å². The molecule has 0 spiro atoms. The first kappa shape index (κ1) is 21.2. The van der Waals surface area contributed by atoms with Crippen LogP contribution in [0.25, 0.3) is 10.8 Å². The average Bonchev–Trinajstić information content (AvgIpc) is 3.16. The van der Waals surface area contributed by atoms with E-state index in [0.717, 1.165) is 22.9 Å². The number of carbonyl (C=O) groups is 1. The maximum Gasteiger partial charge on any atom is 0.414 e. The summed E-state index contributed by atoms with van der Waals surface area (Å²) in [6.07, 6.45) is 1.03. The second kappa shape index (κ2) is 8.58. The van der Waals surface area contributed by atoms with Gasteiger partial charge in [-0.1, -0.05) is 22.0 Å². The molecule has 31 heavy (non-hydrogen) atoms. The summed E-state index contributed by atoms with van der Waals surface area (Å²) in [5.74, 6) is 0.847. The second-order valence-electron chi connectivity index (χ2n) is 7.15. The fraction of sp³-hybridized carbons (Fsp3) is 0.318. The molecule has 0 saturated heterocycles. The number of carbonyl (C=O) groups excluding carboxylic acids is 1. The van der Waals surface area contributed by atoms with Gasteiger partial charge in [-0.15, -0.1) is 5.10 Å². The van der Waals surface area contributed by atoms with Crippen LogP contribution < -0.4 is 25.1 Å². The van der Waals surface area contributed by atoms with Gasteiger partial charge in [0.25, 0.3) is 5.56 Å². The van der Waals surface area contributed by atoms with E-state index in [1.54, 1.807) is 19.1 Å². The van der Waals surface area contributed by atoms with Crippen LogP contribution in [0.15, 0.2) is 39.6 Å². The Kier molecular flexibility index (Phi) is 5.86. The molecular formula is C22H22BrN3O5. The zero-order valence-electron chi connectivity index (χ0n) is 17.4. The molecule has 1 aliphatic rings. The van der Waals surface area contributed by atoms with Crippen LogP contribution in [0.4, 0.5) is 4.79 Å². The van der Waals surface area contributed by atoms with Crippen molar-refractivity contribution >= 4 is 32.8 Å². The number of benzene rings is 2. The summed E-state index contributed by atoms with van der Waals surface area (Å²) in [6.45, 7) is 2.12. The SMILES string of the molecule is CCn1nc(OC(=O)NC2CCc3cc(Br)ccc32)c2cc(OC)c(OC)cc2c1=O. The van der Waals surface area contributed by atoms with E-state index in [1.165, 1.54) is 24.5 Å². The maximum atomic E-state index is 12.8. The summed E-state index contributed by atoms with van der Waals surface area (Å²) >= 11 is 3.48. The molecule has 1 amide bonds. The third-order valence-electron chi connectivity index (χ3n) is 5.39. The number of hydrogen-bond acceptors (Lipinski definition) is 6. The Balaban J connectivity index is 1.67. The van der Waals surface area contributed by atoms with Crippen molar-refractivity contribution in [1.82, 2.24) is 15.1 Å². The molecule has 9 heteroatoms. The molecule has 0 fully saturated rings. The Morgan fingerprint density at radius 3 is 2.58 bits per heavy atom. The van der Waals surface area contributed by atoms with Gasteiger partial charge in [-0.25, -0.2) is 9.48 Å². The lowest BCUT2D eigenvalue weighted by molar-refractivity contribution is 0.193. The van der Waals surface area contributed by atoms with Gasteiger partial charge in [0.1, 0.15) is 0 Å². The fourth-order valence-electron chi connectivity index (χ4n) is 3.87. The summed E-state index contributed by atoms with van der Waals surface area (Å²) < 4.78 is 18.5. The molecule has 2 aromatic carbocycles. The minimum Gasteiger partial charge on any atom is -0.493 e. The number of ether oxygens (including phenoxy) is 3. The number of methoxy groups -OCH3 is 2. The molecule has 3 aromatic rings. The molecule has 1 heterocycles. The van der Waals surface area contributed by atoms with E-state index >= 15 is 0 Å². The number of aromatic nitrogens is 2. The number of aryl methyl sites for hydroxylation is 2. The van der Waals surface area contributed by atoms with Crippen LogP contribution in [0.5, 0.6) is 17.4 Å². The lowest BCUT2D eigenvalue weighted by atomic mass is 10.1. The first-order chi connectivity index (χ1) is 14.9. The zero-order valence-corrected chi connectivity index (χ0v) is 19.0. The van der Waals surface area contributed by atoms with Gasteiger partial charge in [-0.2, -0.15) is 0 Å². The van der Waals surface area contributed by atoms with Gasteiger partial charge in [0, 0.05) is 11.0 Å². The minimum absolute atomic E-state index is 0.0314. The van der Waals surface area contributed by atoms with Gasteiger partial charge in [-0.05, 0) is 55.2 Å². The van der Waals surface area contributed by atoms with Crippen molar-refractivity contribution in [1.29, 1.82) is 0 Å². The fourth-order valence-corrected chi connectivity index (χ4v) is 4.27. The largest absolute Gasteiger partial charge is 0.493 e. The highest BCUT2D eigenvalue weighted by Crippen LogP contribution is 2.35. The summed E-state index contributed by atoms with van der Waals surface area (Å²) in [4.78, 5) is 25.5. The van der Waals surface area contributed by atoms with E-state index in [0.29, 0.717) is 28.8 Å². The highest BCUT2D eigenvalue weighted by Gasteiger charge is 2.26. The summed E-state index contributed by atoms with van der Waals surface area (Å²) in [7, 11) is 2.99. The normalized spacial score (nSPS) is 14.9. The topological polar surface area (TPSA) is 91.7 Å². The van der Waals surface area contributed by atoms with Crippen molar-refractivity contribution < 1.29 is 19.0 Å². The van der Waals surface area contributed by atoms with Crippen LogP contribution in [0.1, 0.15) is 30.5 Å². The van der Waals surface area contributed by atoms with E-state index in [1.807, 2.05) is 12.1 Å². The van der Waals surface area contributed by atoms with Crippen molar-refractivity contribution in [3.63, 3.8) is 0 Å². The number of nitrogens with zero attached hydrogens (tertiary/aromatic N) is 2. The molecule has 1 unspecified atom stereocenters. The first-order valence-electron chi connectivity index (χ1n) is 9.88. The number of nitrogens with one attached hydrogen (secondary N) is 1. The van der Waals surface area contributed by atoms with Crippen LogP contribution >= 0.6 is 15.9 Å². The van der Waals surface area contributed by atoms with Crippen molar-refractivity contribution in [2.75, 3.05) is 14.2 Å². The predicted octanol–water partition coefficient (Wildman–Crippen LogP) is 3.97. The number of amides is 1. The van der Waals surface area contributed by atoms with Crippen LogP contribution in [0.2, 0.25) is 0 Å². The zero-order chi connectivity index (χ0) is 22.1. The number of fused-ring (bicyclic) bond motifs is 2. The quantitative estimate of drug-likeness (QED) is 0.585. The van der Waals surface area contributed by atoms with E-state index in [2.05, 4.69) is 32.4 Å². The van der Waals surface area contributed by atoms with Gasteiger partial charge in [0.15, 0.2) is 11.5 Å². The molecule has 0 aliphatic heterocycles. The number of rotatable bonds is 5. The van der Waals surface area contributed by atoms with Gasteiger partial charge in [-0.3, -0.25) is 4.79 Å². The average molecular weight is 488 g/mol. The van der Waals surface area contributed by atoms with Crippen molar-refractivity contribution in [3.05, 3.63) is 56.3 Å². The molecule has 1 atom stereocenters. The van der Waals surface area contributed by atoms with Crippen molar-refractivity contribution in [3.8, 4) is 17.4 Å². The lowest BCUT2D eigenvalue weighted by Crippen LogP contribution is -2.31. The minimum atomic E-state index is -0.634. The predicted molar refractivity (Wildman–Crippen MR) is 119 cm³/mol. The van der Waals surface area contributed by atoms with Gasteiger partial charge < -0.3 is 19.5 Å². The summed E-state index contributed by atoms with van der Waals surface area (Å²) in [5, 5.41) is 7.85. The Morgan fingerprint density at radius 1 is 1.19 bits per heavy atom. The second-order valence-corrected chi connectivity index (χ2v) is 8.06. The highest BCUT2D eigenvalue weighted by molar-refractivity contribution is 9.10. The van der Waals surface area contributed by atoms with Crippen LogP contribution in [-0.2, 0) is 13.0 Å². The molecule has 0 saturated carbocycles. The third kappa shape index (κ3) is 3.97. The molecule has 1 N–H and O–H groups in total. The molecule has 1 aromatic heterocycles. The smallest absolute Gasteiger partial charge is 0.414 e. The lowest BCUT2D eigenvalue weighted by Gasteiger charge is -2.16. The van der Waals surface area contributed by atoms with Gasteiger partial charge >= 0.3 is 6.09 Å². The Morgan fingerprint density at radius 2 is 1.90 bits per heavy atom. The molecular weight excluding hydrogens is 466 g/mol. The standard InChI is InChI=1S/C22H22BrN3O5/c1-4-26-21(27)16-11-19(30-3)18(29-2)10-15(16)20(25-26)31-22(28)24-17-8-5-12-9-13(23)6-7-14(12)17/h6-7,9-11,17H,4-5,8H2,1-3H3,(H,24,28). The monoisotopic (exact) mass is 487 g/mol. The van der Waals surface area contributed by atoms with Crippen molar-refractivity contribution in [2.45, 2.75) is 32.4 Å². The van der Waals surface area contributed by atoms with E-state index in [9.17, 15) is 9.59 Å². The molecule has 162 valence electrons. The number of halogens is 1. The maximum absolute atomic E-state index is 12.8. The third-order valence-corrected chi connectivity index (χ3v) is 5.89. The van der Waals surface area contributed by atoms with Gasteiger partial charge in [0.05, 0.1) is 31.0 Å². The van der Waals surface area contributed by atoms with Gasteiger partial charge in [0.2, 0.25) is 5.88 Å². The van der Waals surface area contributed by atoms with E-state index < -0.39 is 6.09 Å². The summed E-state index contributed by atoms with van der Waals surface area (Å²) in [6, 6.07) is 9.03. The van der Waals surface area contributed by atoms with Crippen LogP contribution in [0.3, 0.4) is 0 Å². The molecule has 0 bridgehead atoms. The number of hydrogen-bond donors (Lipinski definition) is 1. The highest BCUT2D eigenvalue weighted by atomic mass is 79.9. The molecule has 1 aliphatic carbocycles. The molecule has 0 radical (unpaired) electrons. The van der Waals surface area contributed by atoms with Crippen molar-refractivity contribution in [2.24, 2.45) is 0 Å². The molecule has 8 nitrogen and oxygen atoms in total. The first-order valence-corrected chi connectivity index (χ1v) is 10.7. The van der Waals surface area contributed by atoms with Crippen LogP contribution in [0, 0.1) is 0 Å². The Labute approximate surface area is 187 Å². The van der Waals surface area contributed by atoms with E-state index in [4.69, 9.17) is 14.2 Å². The Hall–Kier alpha value is -3.07. The molecule has 4 rings (SSSR count). The van der Waals surface area contributed by atoms with Crippen LogP contribution in [-0.4, -0.2) is 30.1 Å². The summed E-state index contributed by atoms with van der Waals surface area (Å²) in [5.41, 5.74) is 1.96.